The number of nitrogens with zero attached hydrogens (tertiary/aromatic N) is 4. The fourth-order valence-electron chi connectivity index (χ4n) is 1.69. The Bertz CT molecular complexity index is 654. The van der Waals surface area contributed by atoms with Gasteiger partial charge in [0.05, 0.1) is 29.5 Å². The first-order chi connectivity index (χ1) is 8.92. The van der Waals surface area contributed by atoms with E-state index >= 15 is 0 Å². The van der Waals surface area contributed by atoms with Crippen LogP contribution in [0.3, 0.4) is 0 Å². The van der Waals surface area contributed by atoms with Crippen molar-refractivity contribution in [2.75, 3.05) is 5.32 Å². The first-order valence-corrected chi connectivity index (χ1v) is 5.61. The molecule has 2 heterocycles. The summed E-state index contributed by atoms with van der Waals surface area (Å²) in [6.45, 7) is 0.639. The van der Waals surface area contributed by atoms with E-state index < -0.39 is 0 Å². The minimum Gasteiger partial charge on any atom is -0.379 e. The number of benzene rings is 1. The second kappa shape index (κ2) is 4.75. The molecular formula is C13H11N5. The third kappa shape index (κ3) is 2.24. The zero-order chi connectivity index (χ0) is 12.2. The lowest BCUT2D eigenvalue weighted by Gasteiger charge is -2.06. The maximum Gasteiger partial charge on any atom is 0.0907 e. The molecule has 88 valence electrons. The van der Waals surface area contributed by atoms with Crippen LogP contribution in [0.25, 0.3) is 11.0 Å². The Morgan fingerprint density at radius 2 is 1.72 bits per heavy atom. The molecule has 0 unspecified atom stereocenters. The zero-order valence-electron chi connectivity index (χ0n) is 9.61. The van der Waals surface area contributed by atoms with E-state index in [1.807, 2.05) is 18.2 Å². The highest BCUT2D eigenvalue weighted by Gasteiger charge is 1.98. The summed E-state index contributed by atoms with van der Waals surface area (Å²) in [5, 5.41) is 3.28. The summed E-state index contributed by atoms with van der Waals surface area (Å²) in [7, 11) is 0. The molecule has 3 aromatic rings. The van der Waals surface area contributed by atoms with Crippen molar-refractivity contribution in [3.05, 3.63) is 54.9 Å². The molecule has 0 amide bonds. The Kier molecular flexibility index (Phi) is 2.79. The fourth-order valence-corrected chi connectivity index (χ4v) is 1.69. The quantitative estimate of drug-likeness (QED) is 0.755. The Morgan fingerprint density at radius 3 is 2.56 bits per heavy atom. The monoisotopic (exact) mass is 237 g/mol. The average Bonchev–Trinajstić information content (AvgIpc) is 2.46. The van der Waals surface area contributed by atoms with E-state index in [1.165, 1.54) is 0 Å². The Hall–Kier alpha value is -2.56. The predicted octanol–water partition coefficient (Wildman–Crippen LogP) is 2.03. The number of hydrogen-bond donors (Lipinski definition) is 1. The largest absolute Gasteiger partial charge is 0.379 e. The molecule has 0 aliphatic carbocycles. The number of aromatic nitrogens is 4. The van der Waals surface area contributed by atoms with Crippen LogP contribution in [0.4, 0.5) is 5.69 Å². The molecule has 18 heavy (non-hydrogen) atoms. The summed E-state index contributed by atoms with van der Waals surface area (Å²) in [4.78, 5) is 16.7. The van der Waals surface area contributed by atoms with Crippen LogP contribution in [0.1, 0.15) is 5.69 Å². The van der Waals surface area contributed by atoms with Gasteiger partial charge < -0.3 is 5.32 Å². The van der Waals surface area contributed by atoms with Gasteiger partial charge in [0.15, 0.2) is 0 Å². The van der Waals surface area contributed by atoms with Crippen molar-refractivity contribution in [1.29, 1.82) is 0 Å². The molecule has 0 bridgehead atoms. The molecule has 2 aromatic heterocycles. The lowest BCUT2D eigenvalue weighted by atomic mass is 10.2. The van der Waals surface area contributed by atoms with E-state index in [0.717, 1.165) is 22.4 Å². The van der Waals surface area contributed by atoms with E-state index in [0.29, 0.717) is 6.54 Å². The minimum atomic E-state index is 0.639. The first kappa shape index (κ1) is 10.6. The van der Waals surface area contributed by atoms with Crippen LogP contribution in [-0.4, -0.2) is 19.9 Å². The summed E-state index contributed by atoms with van der Waals surface area (Å²) < 4.78 is 0. The van der Waals surface area contributed by atoms with E-state index in [9.17, 15) is 0 Å². The van der Waals surface area contributed by atoms with Gasteiger partial charge in [0.1, 0.15) is 0 Å². The van der Waals surface area contributed by atoms with Gasteiger partial charge in [0.25, 0.3) is 0 Å². The fraction of sp³-hybridized carbons (Fsp3) is 0.0769. The first-order valence-electron chi connectivity index (χ1n) is 5.61. The normalized spacial score (nSPS) is 10.4. The summed E-state index contributed by atoms with van der Waals surface area (Å²) >= 11 is 0. The second-order valence-electron chi connectivity index (χ2n) is 3.81. The highest BCUT2D eigenvalue weighted by atomic mass is 14.9. The number of rotatable bonds is 3. The zero-order valence-corrected chi connectivity index (χ0v) is 9.61. The standard InChI is InChI=1S/C13H11N5/c1-2-12-13(17-6-5-16-12)7-10(1)18-9-11-8-14-3-4-15-11/h1-8,18H,9H2. The lowest BCUT2D eigenvalue weighted by Crippen LogP contribution is -2.01. The smallest absolute Gasteiger partial charge is 0.0907 e. The van der Waals surface area contributed by atoms with Gasteiger partial charge in [-0.05, 0) is 18.2 Å². The molecule has 0 aliphatic heterocycles. The van der Waals surface area contributed by atoms with Crippen LogP contribution in [0, 0.1) is 0 Å². The molecule has 0 saturated heterocycles. The molecule has 3 rings (SSSR count). The molecule has 1 N–H and O–H groups in total. The third-order valence-electron chi connectivity index (χ3n) is 2.56. The van der Waals surface area contributed by atoms with Crippen molar-refractivity contribution in [2.24, 2.45) is 0 Å². The van der Waals surface area contributed by atoms with Crippen molar-refractivity contribution in [1.82, 2.24) is 19.9 Å². The van der Waals surface area contributed by atoms with E-state index in [-0.39, 0.29) is 0 Å². The van der Waals surface area contributed by atoms with Gasteiger partial charge in [0.2, 0.25) is 0 Å². The van der Waals surface area contributed by atoms with Crippen LogP contribution in [-0.2, 0) is 6.54 Å². The topological polar surface area (TPSA) is 63.6 Å². The molecule has 0 fully saturated rings. The molecule has 1 aromatic carbocycles. The van der Waals surface area contributed by atoms with Gasteiger partial charge in [-0.3, -0.25) is 19.9 Å². The number of nitrogens with one attached hydrogen (secondary N) is 1. The summed E-state index contributed by atoms with van der Waals surface area (Å²) in [5.74, 6) is 0. The maximum atomic E-state index is 4.27. The van der Waals surface area contributed by atoms with Crippen LogP contribution in [0.15, 0.2) is 49.2 Å². The van der Waals surface area contributed by atoms with Crippen molar-refractivity contribution in [2.45, 2.75) is 6.54 Å². The van der Waals surface area contributed by atoms with E-state index in [1.54, 1.807) is 31.0 Å². The minimum absolute atomic E-state index is 0.639. The molecule has 5 nitrogen and oxygen atoms in total. The van der Waals surface area contributed by atoms with Gasteiger partial charge in [-0.15, -0.1) is 0 Å². The average molecular weight is 237 g/mol. The highest BCUT2D eigenvalue weighted by Crippen LogP contribution is 2.15. The Labute approximate surface area is 104 Å². The molecule has 0 saturated carbocycles. The highest BCUT2D eigenvalue weighted by molar-refractivity contribution is 5.78. The van der Waals surface area contributed by atoms with Crippen molar-refractivity contribution >= 4 is 16.7 Å². The Morgan fingerprint density at radius 1 is 0.889 bits per heavy atom. The summed E-state index contributed by atoms with van der Waals surface area (Å²) in [5.41, 5.74) is 3.66. The van der Waals surface area contributed by atoms with E-state index in [2.05, 4.69) is 25.3 Å². The van der Waals surface area contributed by atoms with Crippen molar-refractivity contribution in [3.8, 4) is 0 Å². The maximum absolute atomic E-state index is 4.27. The molecule has 0 atom stereocenters. The predicted molar refractivity (Wildman–Crippen MR) is 68.9 cm³/mol. The number of fused-ring (bicyclic) bond motifs is 1. The van der Waals surface area contributed by atoms with Gasteiger partial charge >= 0.3 is 0 Å². The van der Waals surface area contributed by atoms with Gasteiger partial charge in [-0.2, -0.15) is 0 Å². The molecule has 0 radical (unpaired) electrons. The second-order valence-corrected chi connectivity index (χ2v) is 3.81. The Balaban J connectivity index is 1.79. The van der Waals surface area contributed by atoms with Crippen molar-refractivity contribution < 1.29 is 0 Å². The van der Waals surface area contributed by atoms with Gasteiger partial charge in [-0.1, -0.05) is 0 Å². The van der Waals surface area contributed by atoms with Crippen molar-refractivity contribution in [3.63, 3.8) is 0 Å². The lowest BCUT2D eigenvalue weighted by molar-refractivity contribution is 1.01. The van der Waals surface area contributed by atoms with Crippen LogP contribution >= 0.6 is 0 Å². The number of hydrogen-bond acceptors (Lipinski definition) is 5. The molecule has 0 aliphatic rings. The van der Waals surface area contributed by atoms with Crippen LogP contribution < -0.4 is 5.32 Å². The SMILES string of the molecule is c1cnc(CNc2ccc3nccnc3c2)cn1. The van der Waals surface area contributed by atoms with Gasteiger partial charge in [0, 0.05) is 30.5 Å². The summed E-state index contributed by atoms with van der Waals surface area (Å²) in [6.07, 6.45) is 8.47. The molecule has 0 spiro atoms. The molecular weight excluding hydrogens is 226 g/mol. The number of anilines is 1. The van der Waals surface area contributed by atoms with Crippen LogP contribution in [0.2, 0.25) is 0 Å². The van der Waals surface area contributed by atoms with Gasteiger partial charge in [-0.25, -0.2) is 0 Å². The van der Waals surface area contributed by atoms with E-state index in [4.69, 9.17) is 0 Å². The van der Waals surface area contributed by atoms with Crippen LogP contribution in [0.5, 0.6) is 0 Å². The summed E-state index contributed by atoms with van der Waals surface area (Å²) in [6, 6.07) is 5.90. The molecule has 5 heteroatoms. The third-order valence-corrected chi connectivity index (χ3v) is 2.56.